The summed E-state index contributed by atoms with van der Waals surface area (Å²) < 4.78 is 1.90. The van der Waals surface area contributed by atoms with Crippen LogP contribution in [0.5, 0.6) is 0 Å². The first kappa shape index (κ1) is 17.5. The number of pyridine rings is 1. The molecule has 0 aromatic carbocycles. The zero-order chi connectivity index (χ0) is 17.3. The molecule has 0 radical (unpaired) electrons. The molecule has 0 amide bonds. The summed E-state index contributed by atoms with van der Waals surface area (Å²) >= 11 is 0. The van der Waals surface area contributed by atoms with Gasteiger partial charge in [0.05, 0.1) is 0 Å². The van der Waals surface area contributed by atoms with Crippen LogP contribution in [-0.2, 0) is 6.54 Å². The molecule has 0 aliphatic heterocycles. The third-order valence-corrected chi connectivity index (χ3v) is 4.82. The van der Waals surface area contributed by atoms with Crippen LogP contribution in [0.1, 0.15) is 44.1 Å². The maximum absolute atomic E-state index is 4.38. The Bertz CT molecular complexity index is 658. The Kier molecular flexibility index (Phi) is 6.42. The number of rotatable bonds is 7. The lowest BCUT2D eigenvalue weighted by molar-refractivity contribution is 0.481. The van der Waals surface area contributed by atoms with Gasteiger partial charge in [-0.15, -0.1) is 0 Å². The van der Waals surface area contributed by atoms with E-state index >= 15 is 0 Å². The molecule has 0 spiro atoms. The lowest BCUT2D eigenvalue weighted by atomic mass is 10.0. The normalized spacial score (nSPS) is 15.5. The summed E-state index contributed by atoms with van der Waals surface area (Å²) in [6.07, 6.45) is 15.5. The summed E-state index contributed by atoms with van der Waals surface area (Å²) in [4.78, 5) is 12.7. The van der Waals surface area contributed by atoms with Gasteiger partial charge in [0.15, 0.2) is 5.96 Å². The Morgan fingerprint density at radius 1 is 1.28 bits per heavy atom. The summed E-state index contributed by atoms with van der Waals surface area (Å²) in [5.41, 5.74) is 1.16. The molecule has 1 saturated carbocycles. The van der Waals surface area contributed by atoms with Crippen LogP contribution in [0.15, 0.2) is 42.0 Å². The van der Waals surface area contributed by atoms with Crippen molar-refractivity contribution in [3.05, 3.63) is 42.6 Å². The molecule has 1 aliphatic carbocycles. The van der Waals surface area contributed by atoms with E-state index < -0.39 is 0 Å². The van der Waals surface area contributed by atoms with Crippen LogP contribution in [0.2, 0.25) is 0 Å². The van der Waals surface area contributed by atoms with Crippen molar-refractivity contribution in [3.63, 3.8) is 0 Å². The van der Waals surface area contributed by atoms with E-state index in [1.165, 1.54) is 38.5 Å². The monoisotopic (exact) mass is 340 g/mol. The van der Waals surface area contributed by atoms with Crippen LogP contribution >= 0.6 is 0 Å². The van der Waals surface area contributed by atoms with E-state index in [1.807, 2.05) is 30.1 Å². The fourth-order valence-corrected chi connectivity index (χ4v) is 3.41. The zero-order valence-corrected chi connectivity index (χ0v) is 15.0. The predicted molar refractivity (Wildman–Crippen MR) is 101 cm³/mol. The first-order valence-corrected chi connectivity index (χ1v) is 9.23. The maximum Gasteiger partial charge on any atom is 0.191 e. The summed E-state index contributed by atoms with van der Waals surface area (Å²) in [6.45, 7) is 1.69. The minimum Gasteiger partial charge on any atom is -0.356 e. The summed E-state index contributed by atoms with van der Waals surface area (Å²) in [5, 5.41) is 6.79. The van der Waals surface area contributed by atoms with Crippen molar-refractivity contribution in [2.45, 2.75) is 45.1 Å². The summed E-state index contributed by atoms with van der Waals surface area (Å²) in [5.74, 6) is 2.68. The van der Waals surface area contributed by atoms with Crippen molar-refractivity contribution >= 4 is 5.96 Å². The van der Waals surface area contributed by atoms with E-state index in [1.54, 1.807) is 12.5 Å². The number of aliphatic imine (C=N–C) groups is 1. The van der Waals surface area contributed by atoms with Gasteiger partial charge in [-0.1, -0.05) is 25.7 Å². The Morgan fingerprint density at radius 3 is 2.92 bits per heavy atom. The fraction of sp³-hybridized carbons (Fsp3) is 0.526. The summed E-state index contributed by atoms with van der Waals surface area (Å²) in [7, 11) is 1.82. The average Bonchev–Trinajstić information content (AvgIpc) is 3.35. The third-order valence-electron chi connectivity index (χ3n) is 4.82. The summed E-state index contributed by atoms with van der Waals surface area (Å²) in [6, 6.07) is 4.07. The minimum atomic E-state index is 0.715. The van der Waals surface area contributed by atoms with Crippen LogP contribution in [0.3, 0.4) is 0 Å². The number of guanidine groups is 1. The minimum absolute atomic E-state index is 0.715. The fourth-order valence-electron chi connectivity index (χ4n) is 3.41. The molecule has 134 valence electrons. The lowest BCUT2D eigenvalue weighted by Crippen LogP contribution is -2.37. The van der Waals surface area contributed by atoms with E-state index in [4.69, 9.17) is 0 Å². The highest BCUT2D eigenvalue weighted by molar-refractivity contribution is 5.79. The first-order valence-electron chi connectivity index (χ1n) is 9.23. The predicted octanol–water partition coefficient (Wildman–Crippen LogP) is 2.90. The number of imidazole rings is 1. The molecule has 2 aromatic rings. The molecule has 1 aliphatic rings. The van der Waals surface area contributed by atoms with Crippen molar-refractivity contribution in [1.82, 2.24) is 25.2 Å². The second kappa shape index (κ2) is 9.20. The highest BCUT2D eigenvalue weighted by atomic mass is 15.2. The van der Waals surface area contributed by atoms with Crippen LogP contribution in [0.25, 0.3) is 5.82 Å². The van der Waals surface area contributed by atoms with Crippen molar-refractivity contribution in [3.8, 4) is 5.82 Å². The topological polar surface area (TPSA) is 67.1 Å². The van der Waals surface area contributed by atoms with Gasteiger partial charge >= 0.3 is 0 Å². The van der Waals surface area contributed by atoms with Crippen molar-refractivity contribution in [1.29, 1.82) is 0 Å². The third kappa shape index (κ3) is 5.31. The van der Waals surface area contributed by atoms with Gasteiger partial charge in [-0.05, 0) is 36.5 Å². The first-order chi connectivity index (χ1) is 12.3. The second-order valence-corrected chi connectivity index (χ2v) is 6.64. The van der Waals surface area contributed by atoms with Gasteiger partial charge < -0.3 is 10.6 Å². The second-order valence-electron chi connectivity index (χ2n) is 6.64. The quantitative estimate of drug-likeness (QED) is 0.462. The van der Waals surface area contributed by atoms with Gasteiger partial charge in [-0.25, -0.2) is 9.97 Å². The largest absolute Gasteiger partial charge is 0.356 e. The van der Waals surface area contributed by atoms with Gasteiger partial charge in [0.2, 0.25) is 0 Å². The Balaban J connectivity index is 1.42. The molecule has 2 heterocycles. The number of hydrogen-bond donors (Lipinski definition) is 2. The van der Waals surface area contributed by atoms with E-state index in [0.29, 0.717) is 6.54 Å². The van der Waals surface area contributed by atoms with Gasteiger partial charge in [0.1, 0.15) is 12.1 Å². The van der Waals surface area contributed by atoms with Crippen molar-refractivity contribution < 1.29 is 0 Å². The average molecular weight is 340 g/mol. The molecule has 3 rings (SSSR count). The molecule has 0 unspecified atom stereocenters. The number of aromatic nitrogens is 3. The zero-order valence-electron chi connectivity index (χ0n) is 15.0. The molecule has 25 heavy (non-hydrogen) atoms. The molecule has 6 nitrogen and oxygen atoms in total. The number of hydrogen-bond acceptors (Lipinski definition) is 3. The molecule has 0 bridgehead atoms. The Labute approximate surface area is 149 Å². The SMILES string of the molecule is CN=C(NCCCC1CCCC1)NCc1ccnc(-n2ccnc2)c1. The number of nitrogens with one attached hydrogen (secondary N) is 2. The van der Waals surface area contributed by atoms with E-state index in [2.05, 4.69) is 31.7 Å². The highest BCUT2D eigenvalue weighted by Gasteiger charge is 2.14. The van der Waals surface area contributed by atoms with Gasteiger partial charge in [-0.2, -0.15) is 0 Å². The Morgan fingerprint density at radius 2 is 2.16 bits per heavy atom. The Hall–Kier alpha value is -2.37. The smallest absolute Gasteiger partial charge is 0.191 e. The highest BCUT2D eigenvalue weighted by Crippen LogP contribution is 2.28. The molecular formula is C19H28N6. The van der Waals surface area contributed by atoms with E-state index in [0.717, 1.165) is 29.8 Å². The van der Waals surface area contributed by atoms with Crippen LogP contribution in [-0.4, -0.2) is 34.1 Å². The van der Waals surface area contributed by atoms with Gasteiger partial charge in [0.25, 0.3) is 0 Å². The molecular weight excluding hydrogens is 312 g/mol. The molecule has 2 aromatic heterocycles. The molecule has 2 N–H and O–H groups in total. The maximum atomic E-state index is 4.38. The molecule has 6 heteroatoms. The molecule has 1 fully saturated rings. The van der Waals surface area contributed by atoms with E-state index in [-0.39, 0.29) is 0 Å². The number of nitrogens with zero attached hydrogens (tertiary/aromatic N) is 4. The van der Waals surface area contributed by atoms with Crippen molar-refractivity contribution in [2.24, 2.45) is 10.9 Å². The van der Waals surface area contributed by atoms with Crippen LogP contribution in [0.4, 0.5) is 0 Å². The van der Waals surface area contributed by atoms with Gasteiger partial charge in [0, 0.05) is 38.7 Å². The lowest BCUT2D eigenvalue weighted by Gasteiger charge is -2.13. The molecule has 0 atom stereocenters. The van der Waals surface area contributed by atoms with Crippen LogP contribution in [0, 0.1) is 5.92 Å². The van der Waals surface area contributed by atoms with E-state index in [9.17, 15) is 0 Å². The van der Waals surface area contributed by atoms with Gasteiger partial charge in [-0.3, -0.25) is 9.56 Å². The van der Waals surface area contributed by atoms with Crippen LogP contribution < -0.4 is 10.6 Å². The van der Waals surface area contributed by atoms with Crippen molar-refractivity contribution in [2.75, 3.05) is 13.6 Å². The molecule has 0 saturated heterocycles. The standard InChI is InChI=1S/C19H28N6/c1-20-19(23-9-4-7-16-5-2-3-6-16)24-14-17-8-10-22-18(13-17)25-12-11-21-15-25/h8,10-13,15-16H,2-7,9,14H2,1H3,(H2,20,23,24).